The second-order valence-electron chi connectivity index (χ2n) is 4.39. The first kappa shape index (κ1) is 12.0. The molecule has 0 saturated heterocycles. The van der Waals surface area contributed by atoms with Gasteiger partial charge < -0.3 is 4.57 Å². The van der Waals surface area contributed by atoms with Crippen molar-refractivity contribution in [2.75, 3.05) is 0 Å². The SMILES string of the molecule is Cc1ccc2nc(C(F)(F)F)n(C(C)C)c2c1. The minimum atomic E-state index is -4.42. The van der Waals surface area contributed by atoms with Crippen molar-refractivity contribution in [2.45, 2.75) is 33.0 Å². The molecule has 92 valence electrons. The van der Waals surface area contributed by atoms with Gasteiger partial charge in [-0.15, -0.1) is 0 Å². The standard InChI is InChI=1S/C12H13F3N2/c1-7(2)17-10-6-8(3)4-5-9(10)16-11(17)12(13,14)15/h4-7H,1-3H3. The zero-order valence-electron chi connectivity index (χ0n) is 9.84. The number of aryl methyl sites for hydroxylation is 1. The Morgan fingerprint density at radius 3 is 2.41 bits per heavy atom. The Kier molecular flexibility index (Phi) is 2.64. The number of rotatable bonds is 1. The Morgan fingerprint density at radius 1 is 1.24 bits per heavy atom. The minimum Gasteiger partial charge on any atom is -0.318 e. The van der Waals surface area contributed by atoms with Crippen LogP contribution in [0.4, 0.5) is 13.2 Å². The van der Waals surface area contributed by atoms with Crippen LogP contribution in [0.5, 0.6) is 0 Å². The maximum atomic E-state index is 12.9. The van der Waals surface area contributed by atoms with Crippen molar-refractivity contribution in [3.63, 3.8) is 0 Å². The lowest BCUT2D eigenvalue weighted by atomic mass is 10.2. The van der Waals surface area contributed by atoms with Gasteiger partial charge in [0, 0.05) is 6.04 Å². The van der Waals surface area contributed by atoms with Gasteiger partial charge in [-0.3, -0.25) is 0 Å². The fourth-order valence-corrected chi connectivity index (χ4v) is 1.93. The summed E-state index contributed by atoms with van der Waals surface area (Å²) in [6.45, 7) is 5.29. The first-order valence-corrected chi connectivity index (χ1v) is 5.36. The van der Waals surface area contributed by atoms with E-state index in [2.05, 4.69) is 4.98 Å². The van der Waals surface area contributed by atoms with Gasteiger partial charge in [-0.05, 0) is 38.5 Å². The molecule has 0 radical (unpaired) electrons. The van der Waals surface area contributed by atoms with Crippen LogP contribution in [0.1, 0.15) is 31.3 Å². The van der Waals surface area contributed by atoms with Crippen LogP contribution in [0.3, 0.4) is 0 Å². The normalized spacial score (nSPS) is 12.6. The zero-order valence-corrected chi connectivity index (χ0v) is 9.84. The molecule has 0 amide bonds. The maximum Gasteiger partial charge on any atom is 0.449 e. The summed E-state index contributed by atoms with van der Waals surface area (Å²) in [4.78, 5) is 3.68. The van der Waals surface area contributed by atoms with E-state index in [1.165, 1.54) is 4.57 Å². The molecule has 0 aliphatic heterocycles. The largest absolute Gasteiger partial charge is 0.449 e. The van der Waals surface area contributed by atoms with Crippen LogP contribution in [0, 0.1) is 6.92 Å². The van der Waals surface area contributed by atoms with E-state index < -0.39 is 12.0 Å². The molecular weight excluding hydrogens is 229 g/mol. The van der Waals surface area contributed by atoms with E-state index in [9.17, 15) is 13.2 Å². The molecule has 0 atom stereocenters. The summed E-state index contributed by atoms with van der Waals surface area (Å²) in [6, 6.07) is 4.84. The fourth-order valence-electron chi connectivity index (χ4n) is 1.93. The van der Waals surface area contributed by atoms with E-state index >= 15 is 0 Å². The number of fused-ring (bicyclic) bond motifs is 1. The van der Waals surface area contributed by atoms with Crippen LogP contribution in [-0.4, -0.2) is 9.55 Å². The van der Waals surface area contributed by atoms with Gasteiger partial charge in [0.2, 0.25) is 5.82 Å². The summed E-state index contributed by atoms with van der Waals surface area (Å²) < 4.78 is 39.8. The molecule has 2 aromatic rings. The van der Waals surface area contributed by atoms with E-state index in [1.807, 2.05) is 6.92 Å². The molecular formula is C12H13F3N2. The summed E-state index contributed by atoms with van der Waals surface area (Å²) in [6.07, 6.45) is -4.42. The number of imidazole rings is 1. The van der Waals surface area contributed by atoms with E-state index in [4.69, 9.17) is 0 Å². The van der Waals surface area contributed by atoms with Gasteiger partial charge in [0.1, 0.15) is 0 Å². The lowest BCUT2D eigenvalue weighted by molar-refractivity contribution is -0.147. The van der Waals surface area contributed by atoms with E-state index in [0.29, 0.717) is 11.0 Å². The number of hydrogen-bond acceptors (Lipinski definition) is 1. The molecule has 2 nitrogen and oxygen atoms in total. The molecule has 0 spiro atoms. The van der Waals surface area contributed by atoms with Gasteiger partial charge in [-0.2, -0.15) is 13.2 Å². The van der Waals surface area contributed by atoms with Gasteiger partial charge >= 0.3 is 6.18 Å². The minimum absolute atomic E-state index is 0.279. The monoisotopic (exact) mass is 242 g/mol. The average Bonchev–Trinajstić information content (AvgIpc) is 2.55. The summed E-state index contributed by atoms with van der Waals surface area (Å²) in [7, 11) is 0. The highest BCUT2D eigenvalue weighted by Crippen LogP contribution is 2.33. The summed E-state index contributed by atoms with van der Waals surface area (Å²) in [5.41, 5.74) is 1.84. The van der Waals surface area contributed by atoms with Crippen molar-refractivity contribution in [1.29, 1.82) is 0 Å². The first-order chi connectivity index (χ1) is 7.80. The average molecular weight is 242 g/mol. The number of benzene rings is 1. The number of aromatic nitrogens is 2. The van der Waals surface area contributed by atoms with E-state index in [-0.39, 0.29) is 6.04 Å². The lowest BCUT2D eigenvalue weighted by Crippen LogP contribution is -2.16. The predicted molar refractivity (Wildman–Crippen MR) is 59.9 cm³/mol. The maximum absolute atomic E-state index is 12.9. The first-order valence-electron chi connectivity index (χ1n) is 5.36. The number of halogens is 3. The van der Waals surface area contributed by atoms with E-state index in [0.717, 1.165) is 5.56 Å². The highest BCUT2D eigenvalue weighted by Gasteiger charge is 2.38. The highest BCUT2D eigenvalue weighted by atomic mass is 19.4. The fraction of sp³-hybridized carbons (Fsp3) is 0.417. The van der Waals surface area contributed by atoms with Crippen LogP contribution < -0.4 is 0 Å². The molecule has 0 unspecified atom stereocenters. The molecule has 0 N–H and O–H groups in total. The molecule has 0 aliphatic rings. The quantitative estimate of drug-likeness (QED) is 0.740. The third-order valence-electron chi connectivity index (χ3n) is 2.61. The molecule has 0 fully saturated rings. The second-order valence-corrected chi connectivity index (χ2v) is 4.39. The Bertz CT molecular complexity index is 553. The van der Waals surface area contributed by atoms with Gasteiger partial charge in [-0.1, -0.05) is 6.07 Å². The topological polar surface area (TPSA) is 17.8 Å². The molecule has 0 saturated carbocycles. The Balaban J connectivity index is 2.81. The van der Waals surface area contributed by atoms with Crippen molar-refractivity contribution in [3.05, 3.63) is 29.6 Å². The van der Waals surface area contributed by atoms with Crippen molar-refractivity contribution >= 4 is 11.0 Å². The zero-order chi connectivity index (χ0) is 12.8. The molecule has 1 heterocycles. The Morgan fingerprint density at radius 2 is 1.88 bits per heavy atom. The second kappa shape index (κ2) is 3.75. The van der Waals surface area contributed by atoms with Gasteiger partial charge in [-0.25, -0.2) is 4.98 Å². The number of alkyl halides is 3. The predicted octanol–water partition coefficient (Wildman–Crippen LogP) is 3.94. The lowest BCUT2D eigenvalue weighted by Gasteiger charge is -2.14. The van der Waals surface area contributed by atoms with Crippen molar-refractivity contribution in [1.82, 2.24) is 9.55 Å². The van der Waals surface area contributed by atoms with Crippen LogP contribution in [0.2, 0.25) is 0 Å². The van der Waals surface area contributed by atoms with Crippen molar-refractivity contribution < 1.29 is 13.2 Å². The Hall–Kier alpha value is -1.52. The van der Waals surface area contributed by atoms with Gasteiger partial charge in [0.25, 0.3) is 0 Å². The van der Waals surface area contributed by atoms with Crippen LogP contribution in [0.25, 0.3) is 11.0 Å². The highest BCUT2D eigenvalue weighted by molar-refractivity contribution is 5.77. The smallest absolute Gasteiger partial charge is 0.318 e. The molecule has 1 aromatic carbocycles. The molecule has 0 bridgehead atoms. The van der Waals surface area contributed by atoms with Gasteiger partial charge in [0.15, 0.2) is 0 Å². The van der Waals surface area contributed by atoms with Crippen molar-refractivity contribution in [2.24, 2.45) is 0 Å². The van der Waals surface area contributed by atoms with Crippen LogP contribution in [-0.2, 0) is 6.18 Å². The third kappa shape index (κ3) is 2.01. The van der Waals surface area contributed by atoms with Gasteiger partial charge in [0.05, 0.1) is 11.0 Å². The van der Waals surface area contributed by atoms with Crippen molar-refractivity contribution in [3.8, 4) is 0 Å². The number of hydrogen-bond donors (Lipinski definition) is 0. The summed E-state index contributed by atoms with van der Waals surface area (Å²) in [5, 5.41) is 0. The number of nitrogens with zero attached hydrogens (tertiary/aromatic N) is 2. The molecule has 5 heteroatoms. The molecule has 1 aromatic heterocycles. The third-order valence-corrected chi connectivity index (χ3v) is 2.61. The van der Waals surface area contributed by atoms with E-state index in [1.54, 1.807) is 32.0 Å². The molecule has 17 heavy (non-hydrogen) atoms. The molecule has 0 aliphatic carbocycles. The summed E-state index contributed by atoms with van der Waals surface area (Å²) >= 11 is 0. The Labute approximate surface area is 97.1 Å². The van der Waals surface area contributed by atoms with Crippen LogP contribution >= 0.6 is 0 Å². The summed E-state index contributed by atoms with van der Waals surface area (Å²) in [5.74, 6) is -0.826. The molecule has 2 rings (SSSR count). The van der Waals surface area contributed by atoms with Crippen LogP contribution in [0.15, 0.2) is 18.2 Å².